The topological polar surface area (TPSA) is 46.2 Å². The molecule has 0 saturated carbocycles. The Bertz CT molecular complexity index is 513. The average Bonchev–Trinajstić information content (AvgIpc) is 2.28. The fourth-order valence-electron chi connectivity index (χ4n) is 3.97. The highest BCUT2D eigenvalue weighted by molar-refractivity contribution is 6.91. The Kier molecular flexibility index (Phi) is 10.7. The summed E-state index contributed by atoms with van der Waals surface area (Å²) in [5.74, 6) is 0. The summed E-state index contributed by atoms with van der Waals surface area (Å²) >= 11 is 0. The molecule has 0 aliphatic carbocycles. The van der Waals surface area contributed by atoms with Crippen LogP contribution in [0, 0.1) is 0 Å². The smallest absolute Gasteiger partial charge is 0.314 e. The molecule has 0 amide bonds. The van der Waals surface area contributed by atoms with Crippen LogP contribution in [0.2, 0.25) is 90.7 Å². The van der Waals surface area contributed by atoms with Crippen LogP contribution in [0.1, 0.15) is 0 Å². The molecule has 0 aromatic carbocycles. The molecule has 0 aromatic heterocycles. The van der Waals surface area contributed by atoms with Crippen LogP contribution in [0.5, 0.6) is 0 Å². The fourth-order valence-corrected chi connectivity index (χ4v) is 33.0. The summed E-state index contributed by atoms with van der Waals surface area (Å²) in [4.78, 5) is 0. The van der Waals surface area contributed by atoms with E-state index in [4.69, 9.17) is 20.6 Å². The summed E-state index contributed by atoms with van der Waals surface area (Å²) in [6.45, 7) is 33.4. The van der Waals surface area contributed by atoms with Crippen LogP contribution < -0.4 is 0 Å². The Hall–Kier alpha value is 0.581. The maximum atomic E-state index is 6.58. The van der Waals surface area contributed by atoms with Gasteiger partial charge in [-0.15, -0.1) is 13.2 Å². The van der Waals surface area contributed by atoms with Crippen LogP contribution in [0.3, 0.4) is 0 Å². The van der Waals surface area contributed by atoms with Crippen molar-refractivity contribution in [3.05, 3.63) is 25.3 Å². The molecule has 5 nitrogen and oxygen atoms in total. The molecule has 11 heteroatoms. The second-order valence-electron chi connectivity index (χ2n) is 10.6. The van der Waals surface area contributed by atoms with E-state index in [1.165, 1.54) is 0 Å². The molecule has 0 atom stereocenters. The molecule has 0 fully saturated rings. The summed E-state index contributed by atoms with van der Waals surface area (Å²) < 4.78 is 32.7. The molecule has 0 rings (SSSR count). The zero-order valence-electron chi connectivity index (χ0n) is 21.0. The van der Waals surface area contributed by atoms with Gasteiger partial charge in [-0.2, -0.15) is 0 Å². The van der Waals surface area contributed by atoms with Gasteiger partial charge in [0.15, 0.2) is 16.6 Å². The molecule has 0 spiro atoms. The van der Waals surface area contributed by atoms with E-state index in [0.29, 0.717) is 0 Å². The van der Waals surface area contributed by atoms with Gasteiger partial charge in [-0.05, 0) is 90.7 Å². The molecular weight excluding hydrogens is 465 g/mol. The quantitative estimate of drug-likeness (QED) is 0.193. The van der Waals surface area contributed by atoms with Gasteiger partial charge >= 0.3 is 34.2 Å². The van der Waals surface area contributed by atoms with Crippen LogP contribution in [-0.4, -0.2) is 50.9 Å². The first-order valence-electron chi connectivity index (χ1n) is 10.4. The Labute approximate surface area is 187 Å². The Morgan fingerprint density at radius 2 is 0.655 bits per heavy atom. The van der Waals surface area contributed by atoms with Gasteiger partial charge in [0.1, 0.15) is 0 Å². The zero-order valence-corrected chi connectivity index (χ0v) is 27.0. The molecule has 29 heavy (non-hydrogen) atoms. The second kappa shape index (κ2) is 10.5. The third kappa shape index (κ3) is 13.6. The van der Waals surface area contributed by atoms with Gasteiger partial charge in [0.2, 0.25) is 0 Å². The zero-order chi connectivity index (χ0) is 23.4. The molecule has 0 aliphatic heterocycles. The van der Waals surface area contributed by atoms with Crippen LogP contribution >= 0.6 is 0 Å². The fraction of sp³-hybridized carbons (Fsp3) is 0.778. The Morgan fingerprint density at radius 1 is 0.448 bits per heavy atom. The molecule has 0 bridgehead atoms. The summed E-state index contributed by atoms with van der Waals surface area (Å²) in [6, 6.07) is 1.83. The molecular formula is C18H46O5Si6. The minimum Gasteiger partial charge on any atom is -0.436 e. The first-order valence-corrected chi connectivity index (χ1v) is 27.9. The maximum absolute atomic E-state index is 6.58. The molecule has 172 valence electrons. The van der Waals surface area contributed by atoms with E-state index in [2.05, 4.69) is 91.7 Å². The van der Waals surface area contributed by atoms with Crippen molar-refractivity contribution in [2.45, 2.75) is 90.7 Å². The number of hydrogen-bond acceptors (Lipinski definition) is 5. The van der Waals surface area contributed by atoms with Crippen molar-refractivity contribution in [1.29, 1.82) is 0 Å². The normalized spacial score (nSPS) is 14.8. The lowest BCUT2D eigenvalue weighted by Gasteiger charge is -2.43. The predicted molar refractivity (Wildman–Crippen MR) is 140 cm³/mol. The number of allylic oxidation sites excluding steroid dienone is 2. The van der Waals surface area contributed by atoms with E-state index >= 15 is 0 Å². The van der Waals surface area contributed by atoms with Crippen molar-refractivity contribution in [3.8, 4) is 0 Å². The lowest BCUT2D eigenvalue weighted by molar-refractivity contribution is 0.282. The number of hydrogen-bond donors (Lipinski definition) is 0. The van der Waals surface area contributed by atoms with Gasteiger partial charge in [0, 0.05) is 0 Å². The van der Waals surface area contributed by atoms with E-state index in [-0.39, 0.29) is 0 Å². The van der Waals surface area contributed by atoms with Crippen LogP contribution in [0.4, 0.5) is 0 Å². The molecule has 0 saturated heterocycles. The molecule has 0 aliphatic rings. The second-order valence-corrected chi connectivity index (χ2v) is 33.8. The molecule has 0 aromatic rings. The summed E-state index contributed by atoms with van der Waals surface area (Å²) in [6.07, 6.45) is 3.90. The van der Waals surface area contributed by atoms with Crippen LogP contribution in [0.15, 0.2) is 25.3 Å². The molecule has 0 unspecified atom stereocenters. The summed E-state index contributed by atoms with van der Waals surface area (Å²) in [5.41, 5.74) is 0. The molecule has 0 heterocycles. The van der Waals surface area contributed by atoms with Gasteiger partial charge < -0.3 is 20.6 Å². The van der Waals surface area contributed by atoms with E-state index in [1.54, 1.807) is 0 Å². The lowest BCUT2D eigenvalue weighted by Crippen LogP contribution is -2.60. The Morgan fingerprint density at radius 3 is 0.862 bits per heavy atom. The van der Waals surface area contributed by atoms with Crippen molar-refractivity contribution < 1.29 is 20.6 Å². The molecule has 0 N–H and O–H groups in total. The van der Waals surface area contributed by atoms with Gasteiger partial charge in [0.05, 0.1) is 0 Å². The number of rotatable bonds is 14. The van der Waals surface area contributed by atoms with Gasteiger partial charge in [-0.25, -0.2) is 0 Å². The first-order chi connectivity index (χ1) is 12.7. The summed E-state index contributed by atoms with van der Waals surface area (Å²) in [5, 5.41) is 0. The van der Waals surface area contributed by atoms with E-state index in [9.17, 15) is 0 Å². The highest BCUT2D eigenvalue weighted by atomic mass is 28.5. The van der Waals surface area contributed by atoms with Crippen molar-refractivity contribution >= 4 is 50.9 Å². The van der Waals surface area contributed by atoms with Crippen molar-refractivity contribution in [2.75, 3.05) is 0 Å². The van der Waals surface area contributed by atoms with E-state index in [1.807, 2.05) is 12.2 Å². The van der Waals surface area contributed by atoms with Crippen LogP contribution in [0.25, 0.3) is 0 Å². The third-order valence-electron chi connectivity index (χ3n) is 3.79. The van der Waals surface area contributed by atoms with E-state index in [0.717, 1.165) is 12.1 Å². The van der Waals surface area contributed by atoms with Crippen molar-refractivity contribution in [3.63, 3.8) is 0 Å². The highest BCUT2D eigenvalue weighted by Crippen LogP contribution is 2.28. The van der Waals surface area contributed by atoms with Crippen LogP contribution in [-0.2, 0) is 20.6 Å². The Balaban J connectivity index is 5.14. The minimum atomic E-state index is -2.44. The van der Waals surface area contributed by atoms with Crippen molar-refractivity contribution in [2.24, 2.45) is 0 Å². The first kappa shape index (κ1) is 29.6. The van der Waals surface area contributed by atoms with Gasteiger partial charge in [-0.3, -0.25) is 0 Å². The SMILES string of the molecule is C=CC[Si](C)(C)O[Si](C)(C)O[Si](C)(C)O[Si](C)(C)O[Si](C)(C)O[Si](C)(C)CC=C. The lowest BCUT2D eigenvalue weighted by atomic mass is 10.8. The highest BCUT2D eigenvalue weighted by Gasteiger charge is 2.47. The maximum Gasteiger partial charge on any atom is 0.314 e. The van der Waals surface area contributed by atoms with Crippen molar-refractivity contribution in [1.82, 2.24) is 0 Å². The minimum absolute atomic E-state index is 0.917. The largest absolute Gasteiger partial charge is 0.436 e. The average molecular weight is 511 g/mol. The van der Waals surface area contributed by atoms with E-state index < -0.39 is 50.9 Å². The third-order valence-corrected chi connectivity index (χ3v) is 26.5. The molecule has 0 radical (unpaired) electrons. The summed E-state index contributed by atoms with van der Waals surface area (Å²) in [7, 11) is -13.2. The van der Waals surface area contributed by atoms with Gasteiger partial charge in [-0.1, -0.05) is 12.2 Å². The van der Waals surface area contributed by atoms with Gasteiger partial charge in [0.25, 0.3) is 0 Å². The monoisotopic (exact) mass is 510 g/mol. The predicted octanol–water partition coefficient (Wildman–Crippen LogP) is 6.66. The standard InChI is InChI=1S/C18H46O5Si6/c1-15-17-24(3,4)19-26(7,8)21-28(11,12)23-29(13,14)22-27(9,10)20-25(5,6)18-16-2/h15-16H,1-2,17-18H2,3-14H3.